The molecule has 0 saturated carbocycles. The second-order valence-electron chi connectivity index (χ2n) is 1.20. The third-order valence-corrected chi connectivity index (χ3v) is 0.523. The van der Waals surface area contributed by atoms with Gasteiger partial charge in [0.1, 0.15) is 0 Å². The van der Waals surface area contributed by atoms with Gasteiger partial charge in [-0.05, 0) is 0 Å². The lowest BCUT2D eigenvalue weighted by atomic mass is 10.5. The summed E-state index contributed by atoms with van der Waals surface area (Å²) in [5, 5.41) is 8.00. The normalized spacial score (nSPS) is 10.1. The van der Waals surface area contributed by atoms with Crippen molar-refractivity contribution >= 4 is 5.97 Å². The summed E-state index contributed by atoms with van der Waals surface area (Å²) in [4.78, 5) is 9.73. The predicted octanol–water partition coefficient (Wildman–Crippen LogP) is 0.274. The van der Waals surface area contributed by atoms with Crippen molar-refractivity contribution in [3.8, 4) is 0 Å². The maximum absolute atomic E-state index is 9.73. The van der Waals surface area contributed by atoms with E-state index >= 15 is 0 Å². The summed E-state index contributed by atoms with van der Waals surface area (Å²) in [6, 6.07) is 0. The summed E-state index contributed by atoms with van der Waals surface area (Å²) in [6.45, 7) is 0.353. The topological polar surface area (TPSA) is 46.5 Å². The Morgan fingerprint density at radius 1 is 1.88 bits per heavy atom. The Balaban J connectivity index is 3.20. The first-order chi connectivity index (χ1) is 3.77. The van der Waals surface area contributed by atoms with Crippen LogP contribution in [-0.4, -0.2) is 24.8 Å². The molecule has 0 atom stereocenters. The largest absolute Gasteiger partial charge is 0.478 e. The van der Waals surface area contributed by atoms with E-state index in [4.69, 9.17) is 5.11 Å². The summed E-state index contributed by atoms with van der Waals surface area (Å²) in [6.07, 6.45) is 2.48. The summed E-state index contributed by atoms with van der Waals surface area (Å²) in [7, 11) is 1.51. The molecule has 1 N–H and O–H groups in total. The molecule has 0 radical (unpaired) electrons. The fraction of sp³-hybridized carbons (Fsp3) is 0.400. The fourth-order valence-corrected chi connectivity index (χ4v) is 0.245. The van der Waals surface area contributed by atoms with E-state index in [-0.39, 0.29) is 0 Å². The summed E-state index contributed by atoms with van der Waals surface area (Å²) < 4.78 is 4.54. The SMILES string of the molecule is COC/C=C/C(=O)O. The Kier molecular flexibility index (Phi) is 3.88. The highest BCUT2D eigenvalue weighted by atomic mass is 16.5. The van der Waals surface area contributed by atoms with E-state index in [1.165, 1.54) is 13.2 Å². The molecular formula is C5H8O3. The van der Waals surface area contributed by atoms with Gasteiger partial charge in [0, 0.05) is 13.2 Å². The highest BCUT2D eigenvalue weighted by Crippen LogP contribution is 1.72. The lowest BCUT2D eigenvalue weighted by molar-refractivity contribution is -0.131. The molecule has 0 fully saturated rings. The van der Waals surface area contributed by atoms with Crippen LogP contribution >= 0.6 is 0 Å². The van der Waals surface area contributed by atoms with Crippen molar-refractivity contribution in [2.24, 2.45) is 0 Å². The number of methoxy groups -OCH3 is 1. The van der Waals surface area contributed by atoms with E-state index in [1.54, 1.807) is 0 Å². The highest BCUT2D eigenvalue weighted by molar-refractivity contribution is 5.79. The summed E-state index contributed by atoms with van der Waals surface area (Å²) in [5.41, 5.74) is 0. The monoisotopic (exact) mass is 116 g/mol. The van der Waals surface area contributed by atoms with Crippen molar-refractivity contribution in [3.63, 3.8) is 0 Å². The molecule has 0 heterocycles. The molecule has 0 spiro atoms. The minimum absolute atomic E-state index is 0.353. The van der Waals surface area contributed by atoms with Gasteiger partial charge in [-0.15, -0.1) is 0 Å². The van der Waals surface area contributed by atoms with E-state index in [0.29, 0.717) is 6.61 Å². The van der Waals surface area contributed by atoms with Crippen molar-refractivity contribution in [1.29, 1.82) is 0 Å². The number of carbonyl (C=O) groups is 1. The number of rotatable bonds is 3. The molecule has 0 aliphatic carbocycles. The van der Waals surface area contributed by atoms with Crippen LogP contribution < -0.4 is 0 Å². The fourth-order valence-electron chi connectivity index (χ4n) is 0.245. The molecule has 0 aliphatic heterocycles. The van der Waals surface area contributed by atoms with Crippen LogP contribution in [0.4, 0.5) is 0 Å². The number of carboxylic acid groups (broad SMARTS) is 1. The number of hydrogen-bond donors (Lipinski definition) is 1. The quantitative estimate of drug-likeness (QED) is 0.538. The number of aliphatic carboxylic acids is 1. The van der Waals surface area contributed by atoms with Crippen LogP contribution in [0.25, 0.3) is 0 Å². The van der Waals surface area contributed by atoms with Crippen molar-refractivity contribution in [2.45, 2.75) is 0 Å². The standard InChI is InChI=1S/C5H8O3/c1-8-4-2-3-5(6)7/h2-3H,4H2,1H3,(H,6,7)/b3-2+. The molecule has 46 valence electrons. The van der Waals surface area contributed by atoms with Crippen LogP contribution in [0.5, 0.6) is 0 Å². The minimum Gasteiger partial charge on any atom is -0.478 e. The molecule has 0 aromatic carbocycles. The van der Waals surface area contributed by atoms with Gasteiger partial charge in [0.25, 0.3) is 0 Å². The van der Waals surface area contributed by atoms with E-state index in [1.807, 2.05) is 0 Å². The van der Waals surface area contributed by atoms with Crippen LogP contribution in [0.2, 0.25) is 0 Å². The van der Waals surface area contributed by atoms with Crippen LogP contribution in [0.15, 0.2) is 12.2 Å². The first-order valence-corrected chi connectivity index (χ1v) is 2.15. The van der Waals surface area contributed by atoms with E-state index in [9.17, 15) is 4.79 Å². The predicted molar refractivity (Wildman–Crippen MR) is 28.7 cm³/mol. The van der Waals surface area contributed by atoms with Crippen molar-refractivity contribution in [2.75, 3.05) is 13.7 Å². The Hall–Kier alpha value is -0.830. The van der Waals surface area contributed by atoms with Gasteiger partial charge in [-0.2, -0.15) is 0 Å². The molecule has 0 saturated heterocycles. The Morgan fingerprint density at radius 2 is 2.50 bits per heavy atom. The van der Waals surface area contributed by atoms with Gasteiger partial charge < -0.3 is 9.84 Å². The Labute approximate surface area is 47.6 Å². The molecule has 0 aromatic heterocycles. The smallest absolute Gasteiger partial charge is 0.328 e. The second-order valence-corrected chi connectivity index (χ2v) is 1.20. The second kappa shape index (κ2) is 4.33. The molecule has 0 bridgehead atoms. The van der Waals surface area contributed by atoms with Gasteiger partial charge in [0.2, 0.25) is 0 Å². The molecule has 0 amide bonds. The number of hydrogen-bond acceptors (Lipinski definition) is 2. The maximum atomic E-state index is 9.73. The third kappa shape index (κ3) is 5.17. The zero-order valence-electron chi connectivity index (χ0n) is 4.63. The van der Waals surface area contributed by atoms with Crippen molar-refractivity contribution < 1.29 is 14.6 Å². The van der Waals surface area contributed by atoms with Crippen LogP contribution in [0.3, 0.4) is 0 Å². The van der Waals surface area contributed by atoms with Crippen molar-refractivity contribution in [1.82, 2.24) is 0 Å². The highest BCUT2D eigenvalue weighted by Gasteiger charge is 1.81. The van der Waals surface area contributed by atoms with Gasteiger partial charge in [-0.25, -0.2) is 4.79 Å². The summed E-state index contributed by atoms with van der Waals surface area (Å²) in [5.74, 6) is -0.943. The number of carboxylic acids is 1. The average molecular weight is 116 g/mol. The molecule has 0 unspecified atom stereocenters. The Bertz CT molecular complexity index is 95.8. The first-order valence-electron chi connectivity index (χ1n) is 2.15. The van der Waals surface area contributed by atoms with Gasteiger partial charge in [0.05, 0.1) is 6.61 Å². The molecule has 3 nitrogen and oxygen atoms in total. The van der Waals surface area contributed by atoms with Gasteiger partial charge >= 0.3 is 5.97 Å². The van der Waals surface area contributed by atoms with Crippen LogP contribution in [0, 0.1) is 0 Å². The third-order valence-electron chi connectivity index (χ3n) is 0.523. The molecule has 0 aliphatic rings. The average Bonchev–Trinajstić information content (AvgIpc) is 1.66. The first kappa shape index (κ1) is 7.17. The Morgan fingerprint density at radius 3 is 2.88 bits per heavy atom. The van der Waals surface area contributed by atoms with E-state index < -0.39 is 5.97 Å². The van der Waals surface area contributed by atoms with Crippen LogP contribution in [-0.2, 0) is 9.53 Å². The van der Waals surface area contributed by atoms with Crippen molar-refractivity contribution in [3.05, 3.63) is 12.2 Å². The lowest BCUT2D eigenvalue weighted by Crippen LogP contribution is -1.88. The molecule has 0 aromatic rings. The number of ether oxygens (including phenoxy) is 1. The van der Waals surface area contributed by atoms with E-state index in [0.717, 1.165) is 6.08 Å². The van der Waals surface area contributed by atoms with Gasteiger partial charge in [-0.1, -0.05) is 6.08 Å². The molecule has 8 heavy (non-hydrogen) atoms. The molecule has 3 heteroatoms. The zero-order chi connectivity index (χ0) is 6.41. The van der Waals surface area contributed by atoms with E-state index in [2.05, 4.69) is 4.74 Å². The minimum atomic E-state index is -0.943. The summed E-state index contributed by atoms with van der Waals surface area (Å²) >= 11 is 0. The zero-order valence-corrected chi connectivity index (χ0v) is 4.63. The molecular weight excluding hydrogens is 108 g/mol. The van der Waals surface area contributed by atoms with Gasteiger partial charge in [0.15, 0.2) is 0 Å². The lowest BCUT2D eigenvalue weighted by Gasteiger charge is -1.83. The van der Waals surface area contributed by atoms with Crippen LogP contribution in [0.1, 0.15) is 0 Å². The molecule has 0 rings (SSSR count). The maximum Gasteiger partial charge on any atom is 0.328 e. The van der Waals surface area contributed by atoms with Gasteiger partial charge in [-0.3, -0.25) is 0 Å².